The third kappa shape index (κ3) is 4.86. The second-order valence-corrected chi connectivity index (χ2v) is 4.30. The van der Waals surface area contributed by atoms with Crippen molar-refractivity contribution in [3.8, 4) is 5.75 Å². The van der Waals surface area contributed by atoms with Crippen molar-refractivity contribution in [1.29, 1.82) is 0 Å². The fourth-order valence-electron chi connectivity index (χ4n) is 1.42. The summed E-state index contributed by atoms with van der Waals surface area (Å²) < 4.78 is 5.75. The lowest BCUT2D eigenvalue weighted by molar-refractivity contribution is 0.210. The van der Waals surface area contributed by atoms with E-state index in [0.29, 0.717) is 5.02 Å². The number of ether oxygens (including phenoxy) is 1. The first-order valence-electron chi connectivity index (χ1n) is 5.86. The van der Waals surface area contributed by atoms with Crippen molar-refractivity contribution < 1.29 is 4.74 Å². The minimum Gasteiger partial charge on any atom is -0.489 e. The summed E-state index contributed by atoms with van der Waals surface area (Å²) in [5.41, 5.74) is 0. The molecule has 1 N–H and O–H groups in total. The fourth-order valence-corrected chi connectivity index (χ4v) is 1.60. The summed E-state index contributed by atoms with van der Waals surface area (Å²) in [7, 11) is 0. The van der Waals surface area contributed by atoms with E-state index in [0.717, 1.165) is 25.3 Å². The second-order valence-electron chi connectivity index (χ2n) is 3.90. The summed E-state index contributed by atoms with van der Waals surface area (Å²) in [5, 5.41) is 4.03. The van der Waals surface area contributed by atoms with E-state index < -0.39 is 0 Å². The van der Waals surface area contributed by atoms with Gasteiger partial charge in [-0.3, -0.25) is 0 Å². The van der Waals surface area contributed by atoms with Crippen LogP contribution in [0.3, 0.4) is 0 Å². The third-order valence-corrected chi connectivity index (χ3v) is 2.63. The van der Waals surface area contributed by atoms with Crippen LogP contribution in [-0.2, 0) is 0 Å². The van der Waals surface area contributed by atoms with Crippen LogP contribution in [0.1, 0.15) is 26.7 Å². The molecule has 0 bridgehead atoms. The molecule has 0 saturated carbocycles. The number of halogens is 1. The van der Waals surface area contributed by atoms with Crippen LogP contribution in [0.25, 0.3) is 0 Å². The Hall–Kier alpha value is -0.730. The topological polar surface area (TPSA) is 21.3 Å². The summed E-state index contributed by atoms with van der Waals surface area (Å²) in [6.45, 7) is 6.28. The molecule has 0 spiro atoms. The van der Waals surface area contributed by atoms with Gasteiger partial charge in [-0.2, -0.15) is 0 Å². The molecule has 90 valence electrons. The van der Waals surface area contributed by atoms with Gasteiger partial charge in [0.25, 0.3) is 0 Å². The summed E-state index contributed by atoms with van der Waals surface area (Å²) in [6.07, 6.45) is 2.34. The number of nitrogens with one attached hydrogen (secondary N) is 1. The Kier molecular flexibility index (Phi) is 6.27. The molecule has 0 aromatic heterocycles. The minimum absolute atomic E-state index is 0.184. The zero-order valence-corrected chi connectivity index (χ0v) is 10.8. The Balaban J connectivity index is 2.28. The van der Waals surface area contributed by atoms with Crippen LogP contribution in [0.5, 0.6) is 5.75 Å². The molecule has 2 nitrogen and oxygen atoms in total. The third-order valence-electron chi connectivity index (χ3n) is 2.32. The first-order valence-corrected chi connectivity index (χ1v) is 6.23. The van der Waals surface area contributed by atoms with Crippen LogP contribution in [0.4, 0.5) is 0 Å². The van der Waals surface area contributed by atoms with Gasteiger partial charge < -0.3 is 10.1 Å². The Morgan fingerprint density at radius 2 is 2.06 bits per heavy atom. The lowest BCUT2D eigenvalue weighted by Gasteiger charge is -2.15. The van der Waals surface area contributed by atoms with Gasteiger partial charge in [-0.05, 0) is 45.0 Å². The van der Waals surface area contributed by atoms with E-state index in [1.54, 1.807) is 0 Å². The molecule has 1 atom stereocenters. The van der Waals surface area contributed by atoms with Gasteiger partial charge in [-0.1, -0.05) is 30.7 Å². The molecule has 0 amide bonds. The molecular weight excluding hydrogens is 222 g/mol. The van der Waals surface area contributed by atoms with Gasteiger partial charge in [0.05, 0.1) is 11.1 Å². The van der Waals surface area contributed by atoms with Crippen molar-refractivity contribution in [3.05, 3.63) is 29.3 Å². The van der Waals surface area contributed by atoms with E-state index in [2.05, 4.69) is 19.2 Å². The highest BCUT2D eigenvalue weighted by Crippen LogP contribution is 2.24. The smallest absolute Gasteiger partial charge is 0.138 e. The van der Waals surface area contributed by atoms with E-state index in [4.69, 9.17) is 16.3 Å². The number of hydrogen-bond acceptors (Lipinski definition) is 2. The Bertz CT molecular complexity index is 304. The van der Waals surface area contributed by atoms with Gasteiger partial charge in [0, 0.05) is 0 Å². The van der Waals surface area contributed by atoms with Crippen LogP contribution in [0, 0.1) is 0 Å². The van der Waals surface area contributed by atoms with E-state index >= 15 is 0 Å². The molecule has 0 saturated heterocycles. The van der Waals surface area contributed by atoms with Crippen molar-refractivity contribution in [2.24, 2.45) is 0 Å². The van der Waals surface area contributed by atoms with Gasteiger partial charge in [-0.15, -0.1) is 0 Å². The van der Waals surface area contributed by atoms with Crippen molar-refractivity contribution >= 4 is 11.6 Å². The fraction of sp³-hybridized carbons (Fsp3) is 0.538. The zero-order valence-electron chi connectivity index (χ0n) is 10.0. The molecule has 1 aromatic rings. The van der Waals surface area contributed by atoms with E-state index in [1.165, 1.54) is 6.42 Å². The Labute approximate surface area is 103 Å². The van der Waals surface area contributed by atoms with Crippen molar-refractivity contribution in [2.75, 3.05) is 13.1 Å². The summed E-state index contributed by atoms with van der Waals surface area (Å²) in [6, 6.07) is 7.59. The average Bonchev–Trinajstić information content (AvgIpc) is 2.28. The first-order chi connectivity index (χ1) is 7.74. The van der Waals surface area contributed by atoms with Crippen molar-refractivity contribution in [3.63, 3.8) is 0 Å². The van der Waals surface area contributed by atoms with E-state index in [-0.39, 0.29) is 6.10 Å². The number of benzene rings is 1. The van der Waals surface area contributed by atoms with Gasteiger partial charge in [-0.25, -0.2) is 0 Å². The molecule has 3 heteroatoms. The molecule has 0 fully saturated rings. The summed E-state index contributed by atoms with van der Waals surface area (Å²) in [4.78, 5) is 0. The highest BCUT2D eigenvalue weighted by Gasteiger charge is 2.06. The molecule has 16 heavy (non-hydrogen) atoms. The maximum Gasteiger partial charge on any atom is 0.138 e. The van der Waals surface area contributed by atoms with Gasteiger partial charge in [0.15, 0.2) is 0 Å². The quantitative estimate of drug-likeness (QED) is 0.738. The lowest BCUT2D eigenvalue weighted by atomic mass is 10.2. The van der Waals surface area contributed by atoms with Crippen molar-refractivity contribution in [2.45, 2.75) is 32.8 Å². The molecule has 0 aliphatic heterocycles. The monoisotopic (exact) mass is 241 g/mol. The largest absolute Gasteiger partial charge is 0.489 e. The number of rotatable bonds is 7. The summed E-state index contributed by atoms with van der Waals surface area (Å²) >= 11 is 6.01. The van der Waals surface area contributed by atoms with E-state index in [1.807, 2.05) is 24.3 Å². The first kappa shape index (κ1) is 13.3. The van der Waals surface area contributed by atoms with Crippen LogP contribution in [0.2, 0.25) is 5.02 Å². The number of para-hydroxylation sites is 1. The second kappa shape index (κ2) is 7.53. The normalized spacial score (nSPS) is 12.4. The predicted molar refractivity (Wildman–Crippen MR) is 69.3 cm³/mol. The van der Waals surface area contributed by atoms with Crippen LogP contribution < -0.4 is 10.1 Å². The zero-order chi connectivity index (χ0) is 11.8. The molecule has 1 unspecified atom stereocenters. The molecule has 0 aliphatic rings. The lowest BCUT2D eigenvalue weighted by Crippen LogP contribution is -2.22. The molecule has 0 radical (unpaired) electrons. The SMILES string of the molecule is CCCNCCC(C)Oc1ccccc1Cl. The Morgan fingerprint density at radius 1 is 1.31 bits per heavy atom. The molecule has 0 aliphatic carbocycles. The highest BCUT2D eigenvalue weighted by atomic mass is 35.5. The van der Waals surface area contributed by atoms with Crippen LogP contribution in [-0.4, -0.2) is 19.2 Å². The standard InChI is InChI=1S/C13H20ClNO/c1-3-9-15-10-8-11(2)16-13-7-5-4-6-12(13)14/h4-7,11,15H,3,8-10H2,1-2H3. The minimum atomic E-state index is 0.184. The van der Waals surface area contributed by atoms with Gasteiger partial charge in [0.2, 0.25) is 0 Å². The van der Waals surface area contributed by atoms with Crippen LogP contribution >= 0.6 is 11.6 Å². The van der Waals surface area contributed by atoms with E-state index in [9.17, 15) is 0 Å². The average molecular weight is 242 g/mol. The molecule has 1 rings (SSSR count). The highest BCUT2D eigenvalue weighted by molar-refractivity contribution is 6.32. The Morgan fingerprint density at radius 3 is 2.75 bits per heavy atom. The molecule has 0 heterocycles. The van der Waals surface area contributed by atoms with Crippen molar-refractivity contribution in [1.82, 2.24) is 5.32 Å². The maximum atomic E-state index is 6.01. The summed E-state index contributed by atoms with van der Waals surface area (Å²) in [5.74, 6) is 0.771. The maximum absolute atomic E-state index is 6.01. The predicted octanol–water partition coefficient (Wildman–Crippen LogP) is 3.50. The van der Waals surface area contributed by atoms with Gasteiger partial charge in [0.1, 0.15) is 5.75 Å². The molecule has 1 aromatic carbocycles. The molecular formula is C13H20ClNO. The van der Waals surface area contributed by atoms with Crippen LogP contribution in [0.15, 0.2) is 24.3 Å². The number of hydrogen-bond donors (Lipinski definition) is 1. The van der Waals surface area contributed by atoms with Gasteiger partial charge >= 0.3 is 0 Å².